The number of ether oxygens (including phenoxy) is 2. The molecule has 0 atom stereocenters. The third-order valence-electron chi connectivity index (χ3n) is 6.09. The summed E-state index contributed by atoms with van der Waals surface area (Å²) in [6.07, 6.45) is 7.44. The second-order valence-corrected chi connectivity index (χ2v) is 9.04. The first kappa shape index (κ1) is 22.7. The molecule has 1 aromatic rings. The minimum Gasteiger partial charge on any atom is -0.497 e. The van der Waals surface area contributed by atoms with Crippen LogP contribution in [0.1, 0.15) is 57.9 Å². The first-order chi connectivity index (χ1) is 14.6. The molecule has 0 amide bonds. The lowest BCUT2D eigenvalue weighted by Gasteiger charge is -2.34. The molecule has 168 valence electrons. The zero-order valence-corrected chi connectivity index (χ0v) is 19.2. The van der Waals surface area contributed by atoms with E-state index in [4.69, 9.17) is 9.47 Å². The van der Waals surface area contributed by atoms with Gasteiger partial charge in [0.1, 0.15) is 11.5 Å². The number of nitrogens with one attached hydrogen (secondary N) is 2. The van der Waals surface area contributed by atoms with E-state index in [1.54, 1.807) is 7.11 Å². The van der Waals surface area contributed by atoms with Gasteiger partial charge in [-0.3, -0.25) is 4.99 Å². The van der Waals surface area contributed by atoms with Gasteiger partial charge in [0.15, 0.2) is 5.96 Å². The van der Waals surface area contributed by atoms with Crippen LogP contribution in [0.4, 0.5) is 0 Å². The van der Waals surface area contributed by atoms with Gasteiger partial charge in [-0.05, 0) is 56.6 Å². The molecule has 30 heavy (non-hydrogen) atoms. The van der Waals surface area contributed by atoms with Crippen LogP contribution >= 0.6 is 0 Å². The van der Waals surface area contributed by atoms with Crippen molar-refractivity contribution in [1.82, 2.24) is 15.5 Å². The zero-order chi connectivity index (χ0) is 21.3. The Hall–Kier alpha value is -1.95. The number of rotatable bonds is 8. The molecule has 6 nitrogen and oxygen atoms in total. The SMILES string of the molecule is CN=C(NCc1ccc(OC)cc1OC1CCCC1)NC1CCN(CC(C)C)CC1. The Kier molecular flexibility index (Phi) is 8.67. The molecule has 0 spiro atoms. The van der Waals surface area contributed by atoms with E-state index in [9.17, 15) is 0 Å². The summed E-state index contributed by atoms with van der Waals surface area (Å²) in [4.78, 5) is 7.02. The molecule has 0 radical (unpaired) electrons. The minimum absolute atomic E-state index is 0.323. The highest BCUT2D eigenvalue weighted by molar-refractivity contribution is 5.80. The van der Waals surface area contributed by atoms with E-state index in [2.05, 4.69) is 40.4 Å². The van der Waals surface area contributed by atoms with Crippen LogP contribution in [0.15, 0.2) is 23.2 Å². The minimum atomic E-state index is 0.323. The molecule has 2 aliphatic rings. The van der Waals surface area contributed by atoms with Crippen molar-refractivity contribution in [2.45, 2.75) is 71.1 Å². The highest BCUT2D eigenvalue weighted by atomic mass is 16.5. The molecule has 1 heterocycles. The van der Waals surface area contributed by atoms with E-state index in [0.717, 1.165) is 67.7 Å². The third-order valence-corrected chi connectivity index (χ3v) is 6.09. The van der Waals surface area contributed by atoms with Crippen molar-refractivity contribution in [3.63, 3.8) is 0 Å². The molecule has 2 fully saturated rings. The van der Waals surface area contributed by atoms with Crippen LogP contribution in [0.2, 0.25) is 0 Å². The highest BCUT2D eigenvalue weighted by Gasteiger charge is 2.21. The maximum absolute atomic E-state index is 6.32. The van der Waals surface area contributed by atoms with Crippen molar-refractivity contribution in [2.24, 2.45) is 10.9 Å². The molecule has 0 bridgehead atoms. The first-order valence-electron chi connectivity index (χ1n) is 11.6. The molecule has 3 rings (SSSR count). The number of nitrogens with zero attached hydrogens (tertiary/aromatic N) is 2. The summed E-state index contributed by atoms with van der Waals surface area (Å²) < 4.78 is 11.7. The van der Waals surface area contributed by atoms with Gasteiger partial charge in [0.2, 0.25) is 0 Å². The van der Waals surface area contributed by atoms with Crippen LogP contribution in [0, 0.1) is 5.92 Å². The van der Waals surface area contributed by atoms with E-state index < -0.39 is 0 Å². The van der Waals surface area contributed by atoms with Crippen molar-refractivity contribution in [1.29, 1.82) is 0 Å². The van der Waals surface area contributed by atoms with E-state index in [1.165, 1.54) is 19.4 Å². The summed E-state index contributed by atoms with van der Waals surface area (Å²) in [5.74, 6) is 3.35. The summed E-state index contributed by atoms with van der Waals surface area (Å²) in [6.45, 7) is 8.77. The maximum atomic E-state index is 6.32. The van der Waals surface area contributed by atoms with Gasteiger partial charge in [-0.2, -0.15) is 0 Å². The number of likely N-dealkylation sites (tertiary alicyclic amines) is 1. The fourth-order valence-corrected chi connectivity index (χ4v) is 4.45. The summed E-state index contributed by atoms with van der Waals surface area (Å²) >= 11 is 0. The number of aliphatic imine (C=N–C) groups is 1. The Morgan fingerprint density at radius 2 is 1.90 bits per heavy atom. The largest absolute Gasteiger partial charge is 0.497 e. The third kappa shape index (κ3) is 6.79. The molecule has 1 saturated heterocycles. The van der Waals surface area contributed by atoms with Gasteiger partial charge >= 0.3 is 0 Å². The maximum Gasteiger partial charge on any atom is 0.191 e. The summed E-state index contributed by atoms with van der Waals surface area (Å²) in [7, 11) is 3.54. The molecule has 0 aromatic heterocycles. The topological polar surface area (TPSA) is 58.1 Å². The van der Waals surface area contributed by atoms with E-state index in [-0.39, 0.29) is 0 Å². The van der Waals surface area contributed by atoms with Crippen molar-refractivity contribution in [3.05, 3.63) is 23.8 Å². The lowest BCUT2D eigenvalue weighted by molar-refractivity contribution is 0.187. The standard InChI is InChI=1S/C24H40N4O2/c1-18(2)17-28-13-11-20(12-14-28)27-24(25-3)26-16-19-9-10-22(29-4)15-23(19)30-21-7-5-6-8-21/h9-10,15,18,20-21H,5-8,11-14,16-17H2,1-4H3,(H2,25,26,27). The molecule has 1 aliphatic carbocycles. The van der Waals surface area contributed by atoms with E-state index in [1.807, 2.05) is 19.2 Å². The van der Waals surface area contributed by atoms with Gasteiger partial charge in [-0.25, -0.2) is 0 Å². The van der Waals surface area contributed by atoms with Gasteiger partial charge < -0.3 is 25.0 Å². The Balaban J connectivity index is 1.53. The van der Waals surface area contributed by atoms with Gasteiger partial charge in [0, 0.05) is 50.9 Å². The number of piperidine rings is 1. The molecule has 0 unspecified atom stereocenters. The van der Waals surface area contributed by atoms with Crippen LogP contribution in [0.5, 0.6) is 11.5 Å². The fraction of sp³-hybridized carbons (Fsp3) is 0.708. The van der Waals surface area contributed by atoms with E-state index in [0.29, 0.717) is 18.7 Å². The van der Waals surface area contributed by atoms with Gasteiger partial charge in [0.25, 0.3) is 0 Å². The Bertz CT molecular complexity index is 678. The lowest BCUT2D eigenvalue weighted by Crippen LogP contribution is -2.49. The molecule has 1 aliphatic heterocycles. The molecule has 6 heteroatoms. The summed E-state index contributed by atoms with van der Waals surface area (Å²) in [5, 5.41) is 7.10. The van der Waals surface area contributed by atoms with Gasteiger partial charge in [-0.1, -0.05) is 13.8 Å². The first-order valence-corrected chi connectivity index (χ1v) is 11.6. The molecule has 2 N–H and O–H groups in total. The monoisotopic (exact) mass is 416 g/mol. The average molecular weight is 417 g/mol. The Morgan fingerprint density at radius 3 is 2.53 bits per heavy atom. The van der Waals surface area contributed by atoms with Crippen LogP contribution in [-0.2, 0) is 6.54 Å². The van der Waals surface area contributed by atoms with Crippen LogP contribution in [0.25, 0.3) is 0 Å². The van der Waals surface area contributed by atoms with Crippen LogP contribution in [0.3, 0.4) is 0 Å². The lowest BCUT2D eigenvalue weighted by atomic mass is 10.0. The second kappa shape index (κ2) is 11.4. The average Bonchev–Trinajstić information content (AvgIpc) is 3.25. The predicted octanol–water partition coefficient (Wildman–Crippen LogP) is 3.80. The van der Waals surface area contributed by atoms with Gasteiger partial charge in [-0.15, -0.1) is 0 Å². The molecular formula is C24H40N4O2. The Labute approximate surface area is 182 Å². The van der Waals surface area contributed by atoms with Crippen LogP contribution in [-0.4, -0.2) is 56.8 Å². The predicted molar refractivity (Wildman–Crippen MR) is 124 cm³/mol. The van der Waals surface area contributed by atoms with Gasteiger partial charge in [0.05, 0.1) is 13.2 Å². The van der Waals surface area contributed by atoms with E-state index >= 15 is 0 Å². The summed E-state index contributed by atoms with van der Waals surface area (Å²) in [5.41, 5.74) is 1.14. The zero-order valence-electron chi connectivity index (χ0n) is 19.2. The van der Waals surface area contributed by atoms with Crippen molar-refractivity contribution >= 4 is 5.96 Å². The quantitative estimate of drug-likeness (QED) is 0.499. The van der Waals surface area contributed by atoms with Crippen LogP contribution < -0.4 is 20.1 Å². The molecule has 1 saturated carbocycles. The normalized spacial score (nSPS) is 19.3. The second-order valence-electron chi connectivity index (χ2n) is 9.04. The number of methoxy groups -OCH3 is 1. The smallest absolute Gasteiger partial charge is 0.191 e. The van der Waals surface area contributed by atoms with Crippen molar-refractivity contribution in [3.8, 4) is 11.5 Å². The molecular weight excluding hydrogens is 376 g/mol. The summed E-state index contributed by atoms with van der Waals surface area (Å²) in [6, 6.07) is 6.58. The van der Waals surface area contributed by atoms with Crippen molar-refractivity contribution < 1.29 is 9.47 Å². The number of guanidine groups is 1. The Morgan fingerprint density at radius 1 is 1.17 bits per heavy atom. The highest BCUT2D eigenvalue weighted by Crippen LogP contribution is 2.30. The van der Waals surface area contributed by atoms with Crippen molar-refractivity contribution in [2.75, 3.05) is 33.8 Å². The fourth-order valence-electron chi connectivity index (χ4n) is 4.45. The number of benzene rings is 1. The number of hydrogen-bond donors (Lipinski definition) is 2. The molecule has 1 aromatic carbocycles. The number of hydrogen-bond acceptors (Lipinski definition) is 4.